The van der Waals surface area contributed by atoms with Crippen molar-refractivity contribution in [3.8, 4) is 5.75 Å². The van der Waals surface area contributed by atoms with Gasteiger partial charge in [-0.2, -0.15) is 4.98 Å². The minimum absolute atomic E-state index is 0.480. The van der Waals surface area contributed by atoms with E-state index in [4.69, 9.17) is 9.26 Å². The van der Waals surface area contributed by atoms with Crippen LogP contribution in [0.2, 0.25) is 0 Å². The second-order valence-corrected chi connectivity index (χ2v) is 5.05. The van der Waals surface area contributed by atoms with Crippen LogP contribution in [-0.4, -0.2) is 36.3 Å². The molecule has 24 heavy (non-hydrogen) atoms. The highest BCUT2D eigenvalue weighted by Crippen LogP contribution is 2.17. The van der Waals surface area contributed by atoms with E-state index in [1.54, 1.807) is 20.0 Å². The minimum atomic E-state index is 0.480. The number of benzene rings is 1. The first-order valence-corrected chi connectivity index (χ1v) is 7.78. The molecule has 0 atom stereocenters. The van der Waals surface area contributed by atoms with Crippen molar-refractivity contribution in [2.24, 2.45) is 4.99 Å². The monoisotopic (exact) mass is 329 g/mol. The Bertz CT molecular complexity index is 681. The molecule has 0 aliphatic heterocycles. The van der Waals surface area contributed by atoms with E-state index in [-0.39, 0.29) is 0 Å². The summed E-state index contributed by atoms with van der Waals surface area (Å²) in [7, 11) is 1.73. The van der Waals surface area contributed by atoms with E-state index in [1.165, 1.54) is 0 Å². The zero-order valence-corrected chi connectivity index (χ0v) is 14.1. The Balaban J connectivity index is 1.82. The molecule has 2 aromatic rings. The molecule has 128 valence electrons. The van der Waals surface area contributed by atoms with Crippen molar-refractivity contribution in [1.82, 2.24) is 20.8 Å². The fraction of sp³-hybridized carbons (Fsp3) is 0.353. The molecule has 1 aromatic heterocycles. The molecular formula is C17H23N5O2. The standard InChI is InChI=1S/C17H23N5O2/c1-4-11-23-15-8-6-5-7-14(15)12-20-17(18-3)19-10-9-16-21-13(2)22-24-16/h4-8H,1,9-12H2,2-3H3,(H2,18,19,20). The fourth-order valence-corrected chi connectivity index (χ4v) is 2.07. The van der Waals surface area contributed by atoms with E-state index in [9.17, 15) is 0 Å². The second-order valence-electron chi connectivity index (χ2n) is 5.05. The van der Waals surface area contributed by atoms with Crippen LogP contribution in [-0.2, 0) is 13.0 Å². The van der Waals surface area contributed by atoms with Crippen LogP contribution in [0.15, 0.2) is 46.4 Å². The molecule has 0 unspecified atom stereocenters. The Hall–Kier alpha value is -2.83. The number of nitrogens with zero attached hydrogens (tertiary/aromatic N) is 3. The molecule has 0 saturated heterocycles. The lowest BCUT2D eigenvalue weighted by Gasteiger charge is -2.14. The number of guanidine groups is 1. The molecule has 0 amide bonds. The summed E-state index contributed by atoms with van der Waals surface area (Å²) >= 11 is 0. The van der Waals surface area contributed by atoms with E-state index in [1.807, 2.05) is 24.3 Å². The van der Waals surface area contributed by atoms with Crippen molar-refractivity contribution in [2.75, 3.05) is 20.2 Å². The van der Waals surface area contributed by atoms with Crippen molar-refractivity contribution < 1.29 is 9.26 Å². The van der Waals surface area contributed by atoms with Gasteiger partial charge in [0.05, 0.1) is 0 Å². The Labute approximate surface area is 141 Å². The highest BCUT2D eigenvalue weighted by Gasteiger charge is 2.05. The predicted molar refractivity (Wildman–Crippen MR) is 93.1 cm³/mol. The van der Waals surface area contributed by atoms with Crippen molar-refractivity contribution in [2.45, 2.75) is 19.9 Å². The molecule has 2 N–H and O–H groups in total. The van der Waals surface area contributed by atoms with Gasteiger partial charge >= 0.3 is 0 Å². The van der Waals surface area contributed by atoms with Crippen molar-refractivity contribution in [3.63, 3.8) is 0 Å². The van der Waals surface area contributed by atoms with Gasteiger partial charge in [-0.05, 0) is 13.0 Å². The largest absolute Gasteiger partial charge is 0.489 e. The molecule has 0 saturated carbocycles. The van der Waals surface area contributed by atoms with Crippen LogP contribution in [0.25, 0.3) is 0 Å². The van der Waals surface area contributed by atoms with Crippen LogP contribution in [0.3, 0.4) is 0 Å². The summed E-state index contributed by atoms with van der Waals surface area (Å²) in [6.07, 6.45) is 2.37. The van der Waals surface area contributed by atoms with Gasteiger partial charge in [-0.3, -0.25) is 4.99 Å². The van der Waals surface area contributed by atoms with E-state index in [2.05, 4.69) is 32.3 Å². The van der Waals surface area contributed by atoms with Crippen LogP contribution >= 0.6 is 0 Å². The van der Waals surface area contributed by atoms with Gasteiger partial charge in [0.25, 0.3) is 0 Å². The number of rotatable bonds is 8. The number of para-hydroxylation sites is 1. The highest BCUT2D eigenvalue weighted by atomic mass is 16.5. The molecule has 0 radical (unpaired) electrons. The number of hydrogen-bond acceptors (Lipinski definition) is 5. The van der Waals surface area contributed by atoms with Gasteiger partial charge in [-0.1, -0.05) is 36.0 Å². The lowest BCUT2D eigenvalue weighted by Crippen LogP contribution is -2.38. The van der Waals surface area contributed by atoms with Gasteiger partial charge in [-0.25, -0.2) is 0 Å². The third-order valence-corrected chi connectivity index (χ3v) is 3.20. The van der Waals surface area contributed by atoms with Gasteiger partial charge in [0, 0.05) is 32.1 Å². The predicted octanol–water partition coefficient (Wildman–Crippen LogP) is 1.85. The average Bonchev–Trinajstić information content (AvgIpc) is 3.02. The molecule has 0 spiro atoms. The van der Waals surface area contributed by atoms with Crippen molar-refractivity contribution >= 4 is 5.96 Å². The summed E-state index contributed by atoms with van der Waals surface area (Å²) in [6.45, 7) is 7.20. The first-order valence-electron chi connectivity index (χ1n) is 7.78. The molecule has 2 rings (SSSR count). The second kappa shape index (κ2) is 9.34. The fourth-order valence-electron chi connectivity index (χ4n) is 2.07. The summed E-state index contributed by atoms with van der Waals surface area (Å²) in [6, 6.07) is 7.88. The smallest absolute Gasteiger partial charge is 0.228 e. The van der Waals surface area contributed by atoms with Crippen LogP contribution in [0.5, 0.6) is 5.75 Å². The zero-order chi connectivity index (χ0) is 17.2. The highest BCUT2D eigenvalue weighted by molar-refractivity contribution is 5.79. The van der Waals surface area contributed by atoms with Crippen LogP contribution in [0.4, 0.5) is 0 Å². The van der Waals surface area contributed by atoms with Crippen molar-refractivity contribution in [3.05, 3.63) is 54.2 Å². The first-order chi connectivity index (χ1) is 11.7. The third kappa shape index (κ3) is 5.42. The molecule has 1 heterocycles. The van der Waals surface area contributed by atoms with E-state index < -0.39 is 0 Å². The van der Waals surface area contributed by atoms with Crippen molar-refractivity contribution in [1.29, 1.82) is 0 Å². The lowest BCUT2D eigenvalue weighted by molar-refractivity contribution is 0.358. The zero-order valence-electron chi connectivity index (χ0n) is 14.1. The van der Waals surface area contributed by atoms with Gasteiger partial charge in [-0.15, -0.1) is 0 Å². The van der Waals surface area contributed by atoms with E-state index >= 15 is 0 Å². The normalized spacial score (nSPS) is 11.2. The van der Waals surface area contributed by atoms with Crippen LogP contribution in [0, 0.1) is 6.92 Å². The molecule has 0 bridgehead atoms. The Morgan fingerprint density at radius 1 is 1.38 bits per heavy atom. The summed E-state index contributed by atoms with van der Waals surface area (Å²) in [4.78, 5) is 8.37. The number of aryl methyl sites for hydroxylation is 1. The topological polar surface area (TPSA) is 84.6 Å². The number of nitrogens with one attached hydrogen (secondary N) is 2. The number of hydrogen-bond donors (Lipinski definition) is 2. The Morgan fingerprint density at radius 3 is 2.92 bits per heavy atom. The molecule has 0 aliphatic rings. The molecule has 7 nitrogen and oxygen atoms in total. The van der Waals surface area contributed by atoms with Gasteiger partial charge in [0.15, 0.2) is 11.8 Å². The van der Waals surface area contributed by atoms with Gasteiger partial charge < -0.3 is 19.9 Å². The summed E-state index contributed by atoms with van der Waals surface area (Å²) < 4.78 is 10.7. The first kappa shape index (κ1) is 17.5. The summed E-state index contributed by atoms with van der Waals surface area (Å²) in [5.41, 5.74) is 1.05. The Kier molecular flexibility index (Phi) is 6.82. The van der Waals surface area contributed by atoms with E-state index in [0.29, 0.717) is 43.8 Å². The van der Waals surface area contributed by atoms with E-state index in [0.717, 1.165) is 11.3 Å². The summed E-state index contributed by atoms with van der Waals surface area (Å²) in [5, 5.41) is 10.2. The number of aromatic nitrogens is 2. The maximum absolute atomic E-state index is 5.65. The lowest BCUT2D eigenvalue weighted by atomic mass is 10.2. The summed E-state index contributed by atoms with van der Waals surface area (Å²) in [5.74, 6) is 2.79. The maximum Gasteiger partial charge on any atom is 0.228 e. The molecule has 7 heteroatoms. The number of ether oxygens (including phenoxy) is 1. The molecule has 0 fully saturated rings. The van der Waals surface area contributed by atoms with Crippen LogP contribution < -0.4 is 15.4 Å². The van der Waals surface area contributed by atoms with Crippen LogP contribution in [0.1, 0.15) is 17.3 Å². The quantitative estimate of drug-likeness (QED) is 0.437. The minimum Gasteiger partial charge on any atom is -0.489 e. The molecule has 1 aromatic carbocycles. The van der Waals surface area contributed by atoms with Gasteiger partial charge in [0.2, 0.25) is 5.89 Å². The molecule has 0 aliphatic carbocycles. The Morgan fingerprint density at radius 2 is 2.21 bits per heavy atom. The number of aliphatic imine (C=N–C) groups is 1. The third-order valence-electron chi connectivity index (χ3n) is 3.20. The average molecular weight is 329 g/mol. The molecular weight excluding hydrogens is 306 g/mol. The van der Waals surface area contributed by atoms with Gasteiger partial charge in [0.1, 0.15) is 12.4 Å². The SMILES string of the molecule is C=CCOc1ccccc1CNC(=NC)NCCc1nc(C)no1. The maximum atomic E-state index is 5.65.